The molecule has 0 fully saturated rings. The first kappa shape index (κ1) is 13.5. The Hall–Kier alpha value is -0.0800. The minimum atomic E-state index is 0.260. The van der Waals surface area contributed by atoms with Crippen molar-refractivity contribution >= 4 is 0 Å². The lowest BCUT2D eigenvalue weighted by Gasteiger charge is -2.21. The maximum atomic E-state index is 8.69. The predicted molar refractivity (Wildman–Crippen MR) is 50.8 cm³/mol. The zero-order chi connectivity index (χ0) is 9.28. The lowest BCUT2D eigenvalue weighted by molar-refractivity contribution is 0.159. The number of aliphatic hydroxyl groups excluding tert-OH is 1. The van der Waals surface area contributed by atoms with Gasteiger partial charge in [0.1, 0.15) is 0 Å². The van der Waals surface area contributed by atoms with E-state index in [1.54, 1.807) is 0 Å². The van der Waals surface area contributed by atoms with Crippen LogP contribution in [-0.2, 0) is 0 Å². The molecule has 0 aliphatic heterocycles. The summed E-state index contributed by atoms with van der Waals surface area (Å²) in [4.78, 5) is 2.15. The molecule has 1 N–H and O–H groups in total. The molecule has 0 aromatic carbocycles. The van der Waals surface area contributed by atoms with Gasteiger partial charge >= 0.3 is 0 Å². The van der Waals surface area contributed by atoms with E-state index in [9.17, 15) is 0 Å². The molecule has 1 atom stereocenters. The fourth-order valence-electron chi connectivity index (χ4n) is 0.712. The number of likely N-dealkylation sites (N-methyl/N-ethyl adjacent to an activating group) is 1. The summed E-state index contributed by atoms with van der Waals surface area (Å²) in [6.07, 6.45) is 1.15. The van der Waals surface area contributed by atoms with Crippen LogP contribution in [0.25, 0.3) is 0 Å². The molecular weight excluding hydrogens is 138 g/mol. The van der Waals surface area contributed by atoms with Gasteiger partial charge in [-0.05, 0) is 26.9 Å². The van der Waals surface area contributed by atoms with Gasteiger partial charge in [-0.25, -0.2) is 0 Å². The van der Waals surface area contributed by atoms with Crippen molar-refractivity contribution in [3.63, 3.8) is 0 Å². The van der Waals surface area contributed by atoms with Gasteiger partial charge in [0, 0.05) is 6.04 Å². The monoisotopic (exact) mass is 161 g/mol. The molecule has 2 nitrogen and oxygen atoms in total. The lowest BCUT2D eigenvalue weighted by Crippen LogP contribution is -2.32. The van der Waals surface area contributed by atoms with Crippen molar-refractivity contribution in [2.75, 3.05) is 20.2 Å². The normalized spacial score (nSPS) is 12.3. The van der Waals surface area contributed by atoms with Gasteiger partial charge in [0.05, 0.1) is 6.61 Å². The van der Waals surface area contributed by atoms with Crippen molar-refractivity contribution in [3.05, 3.63) is 0 Å². The molecule has 2 heteroatoms. The summed E-state index contributed by atoms with van der Waals surface area (Å²) < 4.78 is 0. The zero-order valence-electron chi connectivity index (χ0n) is 8.59. The average molecular weight is 161 g/mol. The Balaban J connectivity index is 0. The van der Waals surface area contributed by atoms with Crippen LogP contribution >= 0.6 is 0 Å². The second kappa shape index (κ2) is 9.92. The van der Waals surface area contributed by atoms with Gasteiger partial charge in [-0.15, -0.1) is 0 Å². The number of hydrogen-bond donors (Lipinski definition) is 1. The highest BCUT2D eigenvalue weighted by Crippen LogP contribution is 1.93. The van der Waals surface area contributed by atoms with Crippen LogP contribution in [0.1, 0.15) is 34.1 Å². The molecule has 0 aromatic rings. The van der Waals surface area contributed by atoms with Gasteiger partial charge in [0.15, 0.2) is 0 Å². The molecule has 0 rings (SSSR count). The maximum absolute atomic E-state index is 8.69. The number of aliphatic hydroxyl groups is 1. The molecule has 0 aliphatic rings. The highest BCUT2D eigenvalue weighted by molar-refractivity contribution is 4.59. The summed E-state index contributed by atoms with van der Waals surface area (Å²) >= 11 is 0. The Morgan fingerprint density at radius 3 is 2.09 bits per heavy atom. The summed E-state index contributed by atoms with van der Waals surface area (Å²) in [6, 6.07) is 0.310. The SMILES string of the molecule is CC.CCCN(C)C(C)CO. The summed E-state index contributed by atoms with van der Waals surface area (Å²) in [7, 11) is 2.03. The summed E-state index contributed by atoms with van der Waals surface area (Å²) in [5, 5.41) is 8.69. The molecule has 0 saturated heterocycles. The number of hydrogen-bond acceptors (Lipinski definition) is 2. The molecule has 0 heterocycles. The van der Waals surface area contributed by atoms with E-state index in [0.717, 1.165) is 13.0 Å². The smallest absolute Gasteiger partial charge is 0.0584 e. The number of nitrogens with zero attached hydrogens (tertiary/aromatic N) is 1. The van der Waals surface area contributed by atoms with Gasteiger partial charge in [-0.2, -0.15) is 0 Å². The molecule has 11 heavy (non-hydrogen) atoms. The minimum Gasteiger partial charge on any atom is -0.395 e. The third-order valence-electron chi connectivity index (χ3n) is 1.59. The molecular formula is C9H23NO. The Bertz CT molecular complexity index is 66.6. The van der Waals surface area contributed by atoms with Gasteiger partial charge in [0.25, 0.3) is 0 Å². The van der Waals surface area contributed by atoms with Gasteiger partial charge in [-0.3, -0.25) is 0 Å². The van der Waals surface area contributed by atoms with E-state index in [1.165, 1.54) is 0 Å². The fourth-order valence-corrected chi connectivity index (χ4v) is 0.712. The van der Waals surface area contributed by atoms with Crippen LogP contribution in [-0.4, -0.2) is 36.2 Å². The fraction of sp³-hybridized carbons (Fsp3) is 1.00. The highest BCUT2D eigenvalue weighted by atomic mass is 16.3. The van der Waals surface area contributed by atoms with Crippen LogP contribution in [0, 0.1) is 0 Å². The van der Waals surface area contributed by atoms with Crippen LogP contribution in [0.15, 0.2) is 0 Å². The van der Waals surface area contributed by atoms with Crippen molar-refractivity contribution in [2.24, 2.45) is 0 Å². The van der Waals surface area contributed by atoms with Gasteiger partial charge in [-0.1, -0.05) is 20.8 Å². The minimum absolute atomic E-state index is 0.260. The first-order valence-corrected chi connectivity index (χ1v) is 4.53. The zero-order valence-corrected chi connectivity index (χ0v) is 8.59. The van der Waals surface area contributed by atoms with E-state index in [-0.39, 0.29) is 6.61 Å². The van der Waals surface area contributed by atoms with Crippen molar-refractivity contribution in [3.8, 4) is 0 Å². The van der Waals surface area contributed by atoms with Crippen molar-refractivity contribution in [1.82, 2.24) is 4.90 Å². The molecule has 0 spiro atoms. The van der Waals surface area contributed by atoms with Crippen molar-refractivity contribution in [1.29, 1.82) is 0 Å². The topological polar surface area (TPSA) is 23.5 Å². The maximum Gasteiger partial charge on any atom is 0.0584 e. The number of rotatable bonds is 4. The van der Waals surface area contributed by atoms with E-state index < -0.39 is 0 Å². The Kier molecular flexibility index (Phi) is 12.2. The van der Waals surface area contributed by atoms with Crippen molar-refractivity contribution < 1.29 is 5.11 Å². The molecule has 70 valence electrons. The van der Waals surface area contributed by atoms with Crippen LogP contribution in [0.3, 0.4) is 0 Å². The molecule has 0 aliphatic carbocycles. The van der Waals surface area contributed by atoms with E-state index in [4.69, 9.17) is 5.11 Å². The third kappa shape index (κ3) is 7.82. The summed E-state index contributed by atoms with van der Waals surface area (Å²) in [5.74, 6) is 0. The van der Waals surface area contributed by atoms with E-state index in [0.29, 0.717) is 6.04 Å². The van der Waals surface area contributed by atoms with Crippen LogP contribution in [0.2, 0.25) is 0 Å². The molecule has 0 saturated carbocycles. The average Bonchev–Trinajstić information content (AvgIpc) is 2.07. The van der Waals surface area contributed by atoms with E-state index in [1.807, 2.05) is 27.8 Å². The highest BCUT2D eigenvalue weighted by Gasteiger charge is 2.04. The van der Waals surface area contributed by atoms with Gasteiger partial charge in [0.2, 0.25) is 0 Å². The molecule has 0 aromatic heterocycles. The molecule has 0 amide bonds. The quantitative estimate of drug-likeness (QED) is 0.679. The molecule has 0 bridgehead atoms. The van der Waals surface area contributed by atoms with Crippen LogP contribution in [0.4, 0.5) is 0 Å². The molecule has 0 radical (unpaired) electrons. The lowest BCUT2D eigenvalue weighted by atomic mass is 10.3. The second-order valence-corrected chi connectivity index (χ2v) is 2.51. The first-order valence-electron chi connectivity index (χ1n) is 4.53. The third-order valence-corrected chi connectivity index (χ3v) is 1.59. The first-order chi connectivity index (χ1) is 5.22. The van der Waals surface area contributed by atoms with Crippen LogP contribution < -0.4 is 0 Å². The largest absolute Gasteiger partial charge is 0.395 e. The summed E-state index contributed by atoms with van der Waals surface area (Å²) in [5.41, 5.74) is 0. The Morgan fingerprint density at radius 1 is 1.36 bits per heavy atom. The van der Waals surface area contributed by atoms with Gasteiger partial charge < -0.3 is 10.0 Å². The molecule has 1 unspecified atom stereocenters. The standard InChI is InChI=1S/C7H17NO.C2H6/c1-4-5-8(3)7(2)6-9;1-2/h7,9H,4-6H2,1-3H3;1-2H3. The van der Waals surface area contributed by atoms with Crippen LogP contribution in [0.5, 0.6) is 0 Å². The van der Waals surface area contributed by atoms with Crippen molar-refractivity contribution in [2.45, 2.75) is 40.2 Å². The Morgan fingerprint density at radius 2 is 1.82 bits per heavy atom. The van der Waals surface area contributed by atoms with E-state index >= 15 is 0 Å². The van der Waals surface area contributed by atoms with E-state index in [2.05, 4.69) is 11.8 Å². The Labute approximate surface area is 71.2 Å². The summed E-state index contributed by atoms with van der Waals surface area (Å²) in [6.45, 7) is 9.49. The second-order valence-electron chi connectivity index (χ2n) is 2.51. The predicted octanol–water partition coefficient (Wildman–Crippen LogP) is 1.74.